The van der Waals surface area contributed by atoms with Crippen molar-refractivity contribution in [3.8, 4) is 5.75 Å². The van der Waals surface area contributed by atoms with Crippen LogP contribution < -0.4 is 15.0 Å². The Morgan fingerprint density at radius 3 is 2.22 bits per heavy atom. The van der Waals surface area contributed by atoms with E-state index in [4.69, 9.17) is 14.2 Å². The molecule has 1 heterocycles. The van der Waals surface area contributed by atoms with Crippen LogP contribution in [0.25, 0.3) is 0 Å². The van der Waals surface area contributed by atoms with Gasteiger partial charge >= 0.3 is 5.69 Å². The maximum atomic E-state index is 11.8. The van der Waals surface area contributed by atoms with E-state index in [1.165, 1.54) is 6.33 Å². The molecule has 0 bridgehead atoms. The fraction of sp³-hybridized carbons (Fsp3) is 0.412. The zero-order valence-corrected chi connectivity index (χ0v) is 15.5. The zero-order valence-electron chi connectivity index (χ0n) is 15.5. The number of benzene rings is 1. The summed E-state index contributed by atoms with van der Waals surface area (Å²) < 4.78 is 15.3. The van der Waals surface area contributed by atoms with Gasteiger partial charge < -0.3 is 24.4 Å². The second kappa shape index (κ2) is 10.2. The molecule has 27 heavy (non-hydrogen) atoms. The molecule has 0 fully saturated rings. The van der Waals surface area contributed by atoms with Gasteiger partial charge in [0.1, 0.15) is 12.1 Å². The van der Waals surface area contributed by atoms with E-state index in [2.05, 4.69) is 15.3 Å². The van der Waals surface area contributed by atoms with Gasteiger partial charge in [0.25, 0.3) is 0 Å². The van der Waals surface area contributed by atoms with Gasteiger partial charge in [-0.3, -0.25) is 10.1 Å². The van der Waals surface area contributed by atoms with Gasteiger partial charge in [0, 0.05) is 33.0 Å². The number of hydrogen-bond acceptors (Lipinski definition) is 9. The van der Waals surface area contributed by atoms with Gasteiger partial charge in [0.2, 0.25) is 11.6 Å². The number of rotatable bonds is 11. The van der Waals surface area contributed by atoms with Crippen molar-refractivity contribution in [1.29, 1.82) is 0 Å². The van der Waals surface area contributed by atoms with E-state index >= 15 is 0 Å². The number of nitrogens with zero attached hydrogens (tertiary/aromatic N) is 4. The highest BCUT2D eigenvalue weighted by Crippen LogP contribution is 2.33. The molecule has 0 radical (unpaired) electrons. The maximum absolute atomic E-state index is 11.8. The van der Waals surface area contributed by atoms with Crippen molar-refractivity contribution >= 4 is 23.0 Å². The number of hydrogen-bond donors (Lipinski definition) is 1. The molecule has 146 valence electrons. The van der Waals surface area contributed by atoms with Gasteiger partial charge in [-0.2, -0.15) is 0 Å². The van der Waals surface area contributed by atoms with Crippen LogP contribution in [-0.2, 0) is 9.47 Å². The number of methoxy groups -OCH3 is 3. The number of nitrogens with one attached hydrogen (secondary N) is 1. The van der Waals surface area contributed by atoms with Crippen molar-refractivity contribution in [1.82, 2.24) is 9.97 Å². The predicted octanol–water partition coefficient (Wildman–Crippen LogP) is 2.24. The Morgan fingerprint density at radius 1 is 1.07 bits per heavy atom. The molecule has 0 amide bonds. The largest absolute Gasteiger partial charge is 0.497 e. The Morgan fingerprint density at radius 2 is 1.70 bits per heavy atom. The highest BCUT2D eigenvalue weighted by Gasteiger charge is 2.27. The number of aromatic nitrogens is 2. The zero-order chi connectivity index (χ0) is 19.6. The molecular weight excluding hydrogens is 354 g/mol. The van der Waals surface area contributed by atoms with E-state index in [1.54, 1.807) is 50.5 Å². The molecule has 0 aliphatic heterocycles. The van der Waals surface area contributed by atoms with Crippen LogP contribution in [0.5, 0.6) is 5.75 Å². The molecule has 0 saturated carbocycles. The quantitative estimate of drug-likeness (QED) is 0.465. The second-order valence-electron chi connectivity index (χ2n) is 5.48. The lowest BCUT2D eigenvalue weighted by molar-refractivity contribution is -0.383. The van der Waals surface area contributed by atoms with Crippen LogP contribution in [0.2, 0.25) is 0 Å². The Labute approximate surface area is 157 Å². The molecule has 0 aliphatic rings. The third-order valence-electron chi connectivity index (χ3n) is 3.77. The lowest BCUT2D eigenvalue weighted by Crippen LogP contribution is -2.32. The van der Waals surface area contributed by atoms with Crippen molar-refractivity contribution in [2.24, 2.45) is 0 Å². The molecule has 2 aromatic rings. The van der Waals surface area contributed by atoms with Crippen LogP contribution >= 0.6 is 0 Å². The monoisotopic (exact) mass is 377 g/mol. The molecule has 1 aromatic carbocycles. The Balaban J connectivity index is 2.36. The summed E-state index contributed by atoms with van der Waals surface area (Å²) in [6.07, 6.45) is 1.29. The molecule has 0 unspecified atom stereocenters. The lowest BCUT2D eigenvalue weighted by atomic mass is 10.3. The average molecular weight is 377 g/mol. The molecule has 0 atom stereocenters. The maximum Gasteiger partial charge on any atom is 0.353 e. The molecular formula is C17H23N5O5. The average Bonchev–Trinajstić information content (AvgIpc) is 2.68. The van der Waals surface area contributed by atoms with Crippen molar-refractivity contribution in [2.45, 2.75) is 0 Å². The summed E-state index contributed by atoms with van der Waals surface area (Å²) in [6.45, 7) is 1.65. The molecule has 1 aromatic heterocycles. The molecule has 1 N–H and O–H groups in total. The molecule has 10 nitrogen and oxygen atoms in total. The van der Waals surface area contributed by atoms with Crippen LogP contribution in [0.15, 0.2) is 30.6 Å². The second-order valence-corrected chi connectivity index (χ2v) is 5.48. The molecule has 0 spiro atoms. The van der Waals surface area contributed by atoms with Gasteiger partial charge in [0.15, 0.2) is 0 Å². The first kappa shape index (κ1) is 20.3. The third kappa shape index (κ3) is 5.50. The number of ether oxygens (including phenoxy) is 3. The first-order valence-electron chi connectivity index (χ1n) is 8.24. The number of nitro groups is 1. The van der Waals surface area contributed by atoms with Crippen molar-refractivity contribution < 1.29 is 19.1 Å². The van der Waals surface area contributed by atoms with Crippen molar-refractivity contribution in [3.05, 3.63) is 40.7 Å². The fourth-order valence-electron chi connectivity index (χ4n) is 2.40. The topological polar surface area (TPSA) is 112 Å². The smallest absolute Gasteiger partial charge is 0.353 e. The van der Waals surface area contributed by atoms with Gasteiger partial charge in [-0.05, 0) is 24.3 Å². The summed E-state index contributed by atoms with van der Waals surface area (Å²) >= 11 is 0. The SMILES string of the molecule is COCCN(CCOC)c1ncnc(Nc2ccc(OC)cc2)c1[N+](=O)[O-]. The molecule has 0 aliphatic carbocycles. The minimum atomic E-state index is -0.492. The summed E-state index contributed by atoms with van der Waals surface area (Å²) in [5, 5.41) is 14.7. The highest BCUT2D eigenvalue weighted by molar-refractivity contribution is 5.74. The summed E-state index contributed by atoms with van der Waals surface area (Å²) in [6, 6.07) is 7.00. The summed E-state index contributed by atoms with van der Waals surface area (Å²) in [5.41, 5.74) is 0.435. The van der Waals surface area contributed by atoms with Crippen molar-refractivity contribution in [3.63, 3.8) is 0 Å². The first-order valence-corrected chi connectivity index (χ1v) is 8.24. The van der Waals surface area contributed by atoms with Crippen molar-refractivity contribution in [2.75, 3.05) is 57.8 Å². The van der Waals surface area contributed by atoms with E-state index in [0.717, 1.165) is 0 Å². The minimum Gasteiger partial charge on any atom is -0.497 e. The lowest BCUT2D eigenvalue weighted by Gasteiger charge is -2.23. The highest BCUT2D eigenvalue weighted by atomic mass is 16.6. The molecule has 0 saturated heterocycles. The summed E-state index contributed by atoms with van der Waals surface area (Å²) in [7, 11) is 4.71. The molecule has 2 rings (SSSR count). The summed E-state index contributed by atoms with van der Waals surface area (Å²) in [4.78, 5) is 21.2. The van der Waals surface area contributed by atoms with E-state index < -0.39 is 4.92 Å². The van der Waals surface area contributed by atoms with Gasteiger partial charge in [-0.1, -0.05) is 0 Å². The number of anilines is 3. The van der Waals surface area contributed by atoms with Crippen LogP contribution in [0, 0.1) is 10.1 Å². The Kier molecular flexibility index (Phi) is 7.71. The van der Waals surface area contributed by atoms with Crippen LogP contribution in [0.1, 0.15) is 0 Å². The van der Waals surface area contributed by atoms with Crippen LogP contribution in [0.4, 0.5) is 23.0 Å². The third-order valence-corrected chi connectivity index (χ3v) is 3.77. The first-order chi connectivity index (χ1) is 13.1. The standard InChI is InChI=1S/C17H23N5O5/c1-25-10-8-21(9-11-26-2)17-15(22(23)24)16(18-12-19-17)20-13-4-6-14(27-3)7-5-13/h4-7,12H,8-11H2,1-3H3,(H,18,19,20). The van der Waals surface area contributed by atoms with E-state index in [9.17, 15) is 10.1 Å². The van der Waals surface area contributed by atoms with E-state index in [1.807, 2.05) is 0 Å². The fourth-order valence-corrected chi connectivity index (χ4v) is 2.40. The minimum absolute atomic E-state index is 0.106. The van der Waals surface area contributed by atoms with Crippen LogP contribution in [-0.4, -0.2) is 62.5 Å². The van der Waals surface area contributed by atoms with Gasteiger partial charge in [-0.25, -0.2) is 9.97 Å². The Bertz CT molecular complexity index is 733. The molecule has 10 heteroatoms. The van der Waals surface area contributed by atoms with Crippen LogP contribution in [0.3, 0.4) is 0 Å². The Hall–Kier alpha value is -2.98. The van der Waals surface area contributed by atoms with E-state index in [-0.39, 0.29) is 17.3 Å². The normalized spacial score (nSPS) is 10.5. The summed E-state index contributed by atoms with van der Waals surface area (Å²) in [5.74, 6) is 0.999. The van der Waals surface area contributed by atoms with Gasteiger partial charge in [0.05, 0.1) is 25.2 Å². The van der Waals surface area contributed by atoms with E-state index in [0.29, 0.717) is 37.7 Å². The van der Waals surface area contributed by atoms with Gasteiger partial charge in [-0.15, -0.1) is 0 Å². The predicted molar refractivity (Wildman–Crippen MR) is 101 cm³/mol.